The molecule has 1 nitrogen and oxygen atoms in total. The van der Waals surface area contributed by atoms with Crippen LogP contribution < -0.4 is 0 Å². The highest BCUT2D eigenvalue weighted by Crippen LogP contribution is 2.49. The van der Waals surface area contributed by atoms with Gasteiger partial charge in [-0.3, -0.25) is 0 Å². The van der Waals surface area contributed by atoms with E-state index in [-0.39, 0.29) is 0 Å². The van der Waals surface area contributed by atoms with E-state index >= 15 is 0 Å². The molecule has 2 heteroatoms. The van der Waals surface area contributed by atoms with Crippen molar-refractivity contribution in [3.05, 3.63) is 96.0 Å². The zero-order valence-electron chi connectivity index (χ0n) is 18.0. The van der Waals surface area contributed by atoms with Gasteiger partial charge in [-0.05, 0) is 74.5 Å². The van der Waals surface area contributed by atoms with Gasteiger partial charge in [-0.1, -0.05) is 86.1 Å². The van der Waals surface area contributed by atoms with Crippen LogP contribution in [0, 0.1) is 0 Å². The first-order valence-corrected chi connectivity index (χ1v) is 11.5. The van der Waals surface area contributed by atoms with E-state index in [1.165, 1.54) is 49.5 Å². The van der Waals surface area contributed by atoms with E-state index in [1.807, 2.05) is 32.0 Å². The SMILES string of the molecule is CC.Clc1ccc2[nH]c3ccc(-c4ccc5c6c(cccc46)-c4ccccc4-5)cc3c2c1. The Balaban J connectivity index is 0.000000953. The summed E-state index contributed by atoms with van der Waals surface area (Å²) in [6.07, 6.45) is 0. The van der Waals surface area contributed by atoms with Gasteiger partial charge in [0.05, 0.1) is 0 Å². The summed E-state index contributed by atoms with van der Waals surface area (Å²) in [6.45, 7) is 4.00. The molecule has 0 amide bonds. The lowest BCUT2D eigenvalue weighted by Gasteiger charge is -2.10. The largest absolute Gasteiger partial charge is 0.355 e. The van der Waals surface area contributed by atoms with Crippen LogP contribution in [0.25, 0.3) is 66.0 Å². The van der Waals surface area contributed by atoms with Gasteiger partial charge in [0.15, 0.2) is 0 Å². The molecule has 7 rings (SSSR count). The van der Waals surface area contributed by atoms with E-state index in [4.69, 9.17) is 11.6 Å². The van der Waals surface area contributed by atoms with Crippen LogP contribution in [0.1, 0.15) is 13.8 Å². The lowest BCUT2D eigenvalue weighted by molar-refractivity contribution is 1.50. The van der Waals surface area contributed by atoms with Crippen molar-refractivity contribution in [1.82, 2.24) is 4.98 Å². The van der Waals surface area contributed by atoms with Crippen LogP contribution in [0.2, 0.25) is 5.02 Å². The van der Waals surface area contributed by atoms with Gasteiger partial charge in [0.2, 0.25) is 0 Å². The summed E-state index contributed by atoms with van der Waals surface area (Å²) in [4.78, 5) is 3.50. The first kappa shape index (κ1) is 19.2. The molecule has 154 valence electrons. The third-order valence-corrected chi connectivity index (χ3v) is 6.65. The second-order valence-electron chi connectivity index (χ2n) is 8.01. The molecule has 1 N–H and O–H groups in total. The first-order chi connectivity index (χ1) is 15.8. The summed E-state index contributed by atoms with van der Waals surface area (Å²) < 4.78 is 0. The van der Waals surface area contributed by atoms with Gasteiger partial charge >= 0.3 is 0 Å². The van der Waals surface area contributed by atoms with Crippen molar-refractivity contribution < 1.29 is 0 Å². The number of nitrogens with one attached hydrogen (secondary N) is 1. The van der Waals surface area contributed by atoms with Crippen molar-refractivity contribution >= 4 is 44.2 Å². The summed E-state index contributed by atoms with van der Waals surface area (Å²) in [5.41, 5.74) is 10.1. The fraction of sp³-hybridized carbons (Fsp3) is 0.0667. The fourth-order valence-electron chi connectivity index (χ4n) is 5.10. The number of hydrogen-bond donors (Lipinski definition) is 1. The molecule has 1 heterocycles. The molecule has 32 heavy (non-hydrogen) atoms. The van der Waals surface area contributed by atoms with Crippen LogP contribution in [0.15, 0.2) is 91.0 Å². The van der Waals surface area contributed by atoms with Gasteiger partial charge < -0.3 is 4.98 Å². The zero-order valence-corrected chi connectivity index (χ0v) is 18.8. The fourth-order valence-corrected chi connectivity index (χ4v) is 5.27. The maximum Gasteiger partial charge on any atom is 0.0465 e. The molecular formula is C30H22ClN. The Hall–Kier alpha value is -3.55. The Bertz CT molecular complexity index is 1630. The minimum atomic E-state index is 0.761. The predicted octanol–water partition coefficient (Wildman–Crippen LogP) is 9.47. The van der Waals surface area contributed by atoms with Crippen LogP contribution in [-0.4, -0.2) is 4.98 Å². The van der Waals surface area contributed by atoms with Gasteiger partial charge in [-0.2, -0.15) is 0 Å². The Morgan fingerprint density at radius 2 is 1.16 bits per heavy atom. The molecule has 0 spiro atoms. The molecule has 5 aromatic carbocycles. The summed E-state index contributed by atoms with van der Waals surface area (Å²) in [5.74, 6) is 0. The Morgan fingerprint density at radius 1 is 0.531 bits per heavy atom. The molecule has 1 aliphatic rings. The quantitative estimate of drug-likeness (QED) is 0.266. The van der Waals surface area contributed by atoms with Crippen molar-refractivity contribution in [3.8, 4) is 33.4 Å². The molecule has 0 unspecified atom stereocenters. The minimum absolute atomic E-state index is 0.761. The summed E-state index contributed by atoms with van der Waals surface area (Å²) in [6, 6.07) is 32.6. The van der Waals surface area contributed by atoms with Gasteiger partial charge in [0.1, 0.15) is 0 Å². The molecule has 1 aliphatic carbocycles. The lowest BCUT2D eigenvalue weighted by atomic mass is 9.93. The first-order valence-electron chi connectivity index (χ1n) is 11.1. The van der Waals surface area contributed by atoms with Gasteiger partial charge in [-0.15, -0.1) is 0 Å². The molecule has 0 atom stereocenters. The molecule has 0 saturated carbocycles. The number of aromatic amines is 1. The highest BCUT2D eigenvalue weighted by Gasteiger charge is 2.22. The average molecular weight is 432 g/mol. The molecular weight excluding hydrogens is 410 g/mol. The van der Waals surface area contributed by atoms with Crippen LogP contribution in [0.3, 0.4) is 0 Å². The summed E-state index contributed by atoms with van der Waals surface area (Å²) in [7, 11) is 0. The van der Waals surface area contributed by atoms with Crippen LogP contribution in [0.5, 0.6) is 0 Å². The predicted molar refractivity (Wildman–Crippen MR) is 140 cm³/mol. The van der Waals surface area contributed by atoms with E-state index in [0.717, 1.165) is 21.4 Å². The highest BCUT2D eigenvalue weighted by atomic mass is 35.5. The molecule has 0 fully saturated rings. The molecule has 0 saturated heterocycles. The maximum atomic E-state index is 6.28. The lowest BCUT2D eigenvalue weighted by Crippen LogP contribution is -1.83. The van der Waals surface area contributed by atoms with Gasteiger partial charge in [-0.25, -0.2) is 0 Å². The van der Waals surface area contributed by atoms with E-state index in [2.05, 4.69) is 77.8 Å². The zero-order chi connectivity index (χ0) is 21.8. The van der Waals surface area contributed by atoms with Crippen LogP contribution >= 0.6 is 11.6 Å². The molecule has 0 aliphatic heterocycles. The Labute approximate surface area is 192 Å². The van der Waals surface area contributed by atoms with Crippen LogP contribution in [0.4, 0.5) is 0 Å². The number of H-pyrrole nitrogens is 1. The van der Waals surface area contributed by atoms with E-state index in [1.54, 1.807) is 0 Å². The van der Waals surface area contributed by atoms with Crippen molar-refractivity contribution in [3.63, 3.8) is 0 Å². The number of benzene rings is 5. The standard InChI is InChI=1S/C28H16ClN.C2H6/c29-17-9-13-27-25(15-17)24-14-16(8-12-26(24)30-27)18-10-11-23-20-5-2-1-4-19(20)22-7-3-6-21(18)28(22)23;1-2/h1-15,30H;1-2H3. The van der Waals surface area contributed by atoms with Crippen molar-refractivity contribution in [1.29, 1.82) is 0 Å². The topological polar surface area (TPSA) is 15.8 Å². The third-order valence-electron chi connectivity index (χ3n) is 6.42. The molecule has 0 bridgehead atoms. The number of hydrogen-bond acceptors (Lipinski definition) is 0. The number of halogens is 1. The highest BCUT2D eigenvalue weighted by molar-refractivity contribution is 6.32. The second kappa shape index (κ2) is 7.25. The minimum Gasteiger partial charge on any atom is -0.355 e. The Morgan fingerprint density at radius 3 is 1.94 bits per heavy atom. The normalized spacial score (nSPS) is 11.6. The van der Waals surface area contributed by atoms with E-state index in [9.17, 15) is 0 Å². The van der Waals surface area contributed by atoms with Crippen molar-refractivity contribution in [2.45, 2.75) is 13.8 Å². The van der Waals surface area contributed by atoms with Crippen molar-refractivity contribution in [2.24, 2.45) is 0 Å². The van der Waals surface area contributed by atoms with Gasteiger partial charge in [0, 0.05) is 26.8 Å². The van der Waals surface area contributed by atoms with E-state index in [0.29, 0.717) is 0 Å². The van der Waals surface area contributed by atoms with E-state index < -0.39 is 0 Å². The molecule has 0 radical (unpaired) electrons. The van der Waals surface area contributed by atoms with Crippen LogP contribution in [-0.2, 0) is 0 Å². The monoisotopic (exact) mass is 431 g/mol. The maximum absolute atomic E-state index is 6.28. The Kier molecular flexibility index (Phi) is 4.34. The third kappa shape index (κ3) is 2.65. The average Bonchev–Trinajstić information content (AvgIpc) is 3.37. The van der Waals surface area contributed by atoms with Crippen molar-refractivity contribution in [2.75, 3.05) is 0 Å². The smallest absolute Gasteiger partial charge is 0.0465 e. The molecule has 1 aromatic heterocycles. The van der Waals surface area contributed by atoms with Gasteiger partial charge in [0.25, 0.3) is 0 Å². The number of fused-ring (bicyclic) bond motifs is 6. The summed E-state index contributed by atoms with van der Waals surface area (Å²) >= 11 is 6.28. The second-order valence-corrected chi connectivity index (χ2v) is 8.45. The number of rotatable bonds is 1. The molecule has 6 aromatic rings. The summed E-state index contributed by atoms with van der Waals surface area (Å²) in [5, 5.41) is 5.79. The number of aromatic nitrogens is 1.